The molecule has 2 heteroatoms. The van der Waals surface area contributed by atoms with Crippen LogP contribution >= 0.6 is 0 Å². The van der Waals surface area contributed by atoms with Crippen LogP contribution < -0.4 is 0 Å². The molecule has 0 radical (unpaired) electrons. The lowest BCUT2D eigenvalue weighted by molar-refractivity contribution is 0.193. The lowest BCUT2D eigenvalue weighted by Gasteiger charge is -2.29. The summed E-state index contributed by atoms with van der Waals surface area (Å²) >= 11 is -0.380. The molecule has 1 unspecified atom stereocenters. The van der Waals surface area contributed by atoms with E-state index in [1.807, 2.05) is 0 Å². The molecule has 19 heavy (non-hydrogen) atoms. The Morgan fingerprint density at radius 1 is 0.737 bits per heavy atom. The number of hydrogen-bond donors (Lipinski definition) is 0. The Morgan fingerprint density at radius 2 is 1.32 bits per heavy atom. The molecule has 1 atom stereocenters. The molecule has 1 nitrogen and oxygen atoms in total. The van der Waals surface area contributed by atoms with Crippen LogP contribution in [0, 0.1) is 0 Å². The highest BCUT2D eigenvalue weighted by Crippen LogP contribution is 2.19. The summed E-state index contributed by atoms with van der Waals surface area (Å²) in [6.45, 7) is 14.2. The highest BCUT2D eigenvalue weighted by Gasteiger charge is 2.18. The van der Waals surface area contributed by atoms with Crippen LogP contribution in [0.4, 0.5) is 0 Å². The van der Waals surface area contributed by atoms with E-state index in [0.717, 1.165) is 6.04 Å². The minimum atomic E-state index is -0.380. The average molecular weight is 283 g/mol. The van der Waals surface area contributed by atoms with Gasteiger partial charge < -0.3 is 4.90 Å². The van der Waals surface area contributed by atoms with Crippen molar-refractivity contribution in [3.8, 4) is 0 Å². The van der Waals surface area contributed by atoms with Gasteiger partial charge in [0.25, 0.3) is 14.1 Å². The van der Waals surface area contributed by atoms with E-state index in [2.05, 4.69) is 39.5 Å². The van der Waals surface area contributed by atoms with Crippen molar-refractivity contribution in [2.75, 3.05) is 13.1 Å². The third-order valence-corrected chi connectivity index (χ3v) is 8.51. The predicted molar refractivity (Wildman–Crippen MR) is 91.6 cm³/mol. The average Bonchev–Trinajstić information content (AvgIpc) is 2.40. The Kier molecular flexibility index (Phi) is 13.8. The maximum absolute atomic E-state index is 2.68. The van der Waals surface area contributed by atoms with E-state index in [1.165, 1.54) is 51.6 Å². The summed E-state index contributed by atoms with van der Waals surface area (Å²) in [4.78, 5) is 2.68. The number of nitrogens with zero attached hydrogens (tertiary/aromatic N) is 1. The largest absolute Gasteiger partial charge is 0.301 e. The zero-order valence-corrected chi connectivity index (χ0v) is 15.5. The summed E-state index contributed by atoms with van der Waals surface area (Å²) in [6, 6.07) is 0.859. The second-order valence-corrected chi connectivity index (χ2v) is 9.50. The fourth-order valence-electron chi connectivity index (χ4n) is 3.47. The first-order valence-electron chi connectivity index (χ1n) is 8.97. The minimum Gasteiger partial charge on any atom is -0.301 e. The van der Waals surface area contributed by atoms with Gasteiger partial charge in [0.1, 0.15) is 0 Å². The first-order chi connectivity index (χ1) is 9.23. The lowest BCUT2D eigenvalue weighted by Crippen LogP contribution is -2.35. The van der Waals surface area contributed by atoms with Crippen LogP contribution in [0.2, 0.25) is 15.8 Å². The van der Waals surface area contributed by atoms with E-state index >= 15 is 0 Å². The van der Waals surface area contributed by atoms with E-state index in [9.17, 15) is 0 Å². The molecule has 0 heterocycles. The molecule has 0 aliphatic carbocycles. The van der Waals surface area contributed by atoms with E-state index < -0.39 is 0 Å². The van der Waals surface area contributed by atoms with Gasteiger partial charge in [0.2, 0.25) is 0 Å². The minimum absolute atomic E-state index is 0.380. The topological polar surface area (TPSA) is 3.24 Å². The van der Waals surface area contributed by atoms with Crippen LogP contribution in [0.3, 0.4) is 0 Å². The zero-order chi connectivity index (χ0) is 14.5. The molecule has 0 amide bonds. The molecule has 0 rings (SSSR count). The summed E-state index contributed by atoms with van der Waals surface area (Å²) < 4.78 is 0. The Bertz CT molecular complexity index is 174. The maximum Gasteiger partial charge on any atom is 0.261 e. The zero-order valence-electron chi connectivity index (χ0n) is 14.4. The molecule has 0 fully saturated rings. The molecular formula is C17H38AlN. The summed E-state index contributed by atoms with van der Waals surface area (Å²) in [5.74, 6) is 0. The van der Waals surface area contributed by atoms with E-state index in [4.69, 9.17) is 0 Å². The van der Waals surface area contributed by atoms with Crippen LogP contribution in [0.15, 0.2) is 0 Å². The van der Waals surface area contributed by atoms with Gasteiger partial charge in [0.05, 0.1) is 0 Å². The first-order valence-corrected chi connectivity index (χ1v) is 11.4. The smallest absolute Gasteiger partial charge is 0.261 e. The molecule has 0 aliphatic heterocycles. The van der Waals surface area contributed by atoms with E-state index in [1.54, 1.807) is 15.8 Å². The third kappa shape index (κ3) is 9.11. The van der Waals surface area contributed by atoms with Crippen LogP contribution in [-0.4, -0.2) is 38.2 Å². The van der Waals surface area contributed by atoms with Crippen LogP contribution in [0.25, 0.3) is 0 Å². The van der Waals surface area contributed by atoms with Crippen molar-refractivity contribution in [3.63, 3.8) is 0 Å². The van der Waals surface area contributed by atoms with Gasteiger partial charge in [-0.05, 0) is 25.9 Å². The highest BCUT2D eigenvalue weighted by atomic mass is 27.2. The van der Waals surface area contributed by atoms with Gasteiger partial charge >= 0.3 is 0 Å². The van der Waals surface area contributed by atoms with Crippen molar-refractivity contribution in [2.24, 2.45) is 0 Å². The summed E-state index contributed by atoms with van der Waals surface area (Å²) in [6.07, 6.45) is 8.53. The molecule has 0 aromatic heterocycles. The third-order valence-electron chi connectivity index (χ3n) is 4.49. The summed E-state index contributed by atoms with van der Waals surface area (Å²) in [5, 5.41) is 4.76. The Balaban J connectivity index is 4.07. The maximum atomic E-state index is 2.68. The molecule has 0 aromatic rings. The first kappa shape index (κ1) is 19.5. The molecule has 0 bridgehead atoms. The number of rotatable bonds is 13. The van der Waals surface area contributed by atoms with Crippen molar-refractivity contribution in [1.82, 2.24) is 4.90 Å². The molecule has 0 saturated carbocycles. The molecule has 0 aliphatic rings. The molecular weight excluding hydrogens is 245 g/mol. The Labute approximate surface area is 127 Å². The van der Waals surface area contributed by atoms with Gasteiger partial charge in [0, 0.05) is 6.04 Å². The fraction of sp³-hybridized carbons (Fsp3) is 1.00. The van der Waals surface area contributed by atoms with Crippen LogP contribution in [-0.2, 0) is 0 Å². The second-order valence-electron chi connectivity index (χ2n) is 6.04. The van der Waals surface area contributed by atoms with Gasteiger partial charge in [-0.15, -0.1) is 0 Å². The van der Waals surface area contributed by atoms with Crippen molar-refractivity contribution < 1.29 is 0 Å². The summed E-state index contributed by atoms with van der Waals surface area (Å²) in [7, 11) is 0. The van der Waals surface area contributed by atoms with Crippen molar-refractivity contribution in [3.05, 3.63) is 0 Å². The van der Waals surface area contributed by atoms with Crippen molar-refractivity contribution >= 4 is 14.1 Å². The van der Waals surface area contributed by atoms with Crippen molar-refractivity contribution in [1.29, 1.82) is 0 Å². The monoisotopic (exact) mass is 283 g/mol. The Morgan fingerprint density at radius 3 is 1.74 bits per heavy atom. The molecule has 0 spiro atoms. The molecule has 0 aromatic carbocycles. The second kappa shape index (κ2) is 13.5. The van der Waals surface area contributed by atoms with Gasteiger partial charge in [0.15, 0.2) is 0 Å². The van der Waals surface area contributed by atoms with Gasteiger partial charge in [-0.2, -0.15) is 0 Å². The van der Waals surface area contributed by atoms with Crippen LogP contribution in [0.5, 0.6) is 0 Å². The molecule has 114 valence electrons. The van der Waals surface area contributed by atoms with E-state index in [0.29, 0.717) is 0 Å². The van der Waals surface area contributed by atoms with Crippen LogP contribution in [0.1, 0.15) is 73.1 Å². The van der Waals surface area contributed by atoms with E-state index in [-0.39, 0.29) is 14.1 Å². The lowest BCUT2D eigenvalue weighted by atomic mass is 10.0. The normalized spacial score (nSPS) is 12.9. The number of hydrogen-bond acceptors (Lipinski definition) is 1. The molecule has 0 saturated heterocycles. The van der Waals surface area contributed by atoms with Gasteiger partial charge in [-0.3, -0.25) is 0 Å². The predicted octanol–water partition coefficient (Wildman–Crippen LogP) is 5.59. The summed E-state index contributed by atoms with van der Waals surface area (Å²) in [5.41, 5.74) is 0. The highest BCUT2D eigenvalue weighted by molar-refractivity contribution is 6.58. The standard InChI is InChI=1S/C11H24N.2C3H7.Al/c1-5-9-11(10-6-2)12(7-3)8-4;2*1-3-2;/h11H,1,5-10H2,2-4H3;2*1,3H2,2H3;. The fourth-order valence-corrected chi connectivity index (χ4v) is 6.79. The van der Waals surface area contributed by atoms with Gasteiger partial charge in [-0.25, -0.2) is 0 Å². The Hall–Kier alpha value is 0.492. The SMILES string of the molecule is CCCC(CC[CH2][Al]([CH2]CC)[CH2]CC)N(CC)CC. The quantitative estimate of drug-likeness (QED) is 0.398. The molecule has 0 N–H and O–H groups in total. The van der Waals surface area contributed by atoms with Crippen molar-refractivity contribution in [2.45, 2.75) is 95.0 Å². The van der Waals surface area contributed by atoms with Gasteiger partial charge in [-0.1, -0.05) is 76.2 Å².